The van der Waals surface area contributed by atoms with Crippen molar-refractivity contribution in [1.29, 1.82) is 0 Å². The number of carbonyl (C=O) groups excluding carboxylic acids is 1. The fourth-order valence-electron chi connectivity index (χ4n) is 2.23. The first-order valence-corrected chi connectivity index (χ1v) is 7.50. The van der Waals surface area contributed by atoms with Crippen molar-refractivity contribution in [2.45, 2.75) is 25.9 Å². The van der Waals surface area contributed by atoms with Gasteiger partial charge in [-0.3, -0.25) is 4.79 Å². The highest BCUT2D eigenvalue weighted by atomic mass is 35.5. The molecule has 1 amide bonds. The van der Waals surface area contributed by atoms with Crippen molar-refractivity contribution in [3.63, 3.8) is 0 Å². The van der Waals surface area contributed by atoms with Gasteiger partial charge in [-0.25, -0.2) is 4.68 Å². The predicted octanol–water partition coefficient (Wildman–Crippen LogP) is 3.56. The average Bonchev–Trinajstić information content (AvgIpc) is 2.87. The van der Waals surface area contributed by atoms with Crippen LogP contribution in [0.15, 0.2) is 30.3 Å². The van der Waals surface area contributed by atoms with Gasteiger partial charge in [0.05, 0.1) is 16.9 Å². The lowest BCUT2D eigenvalue weighted by molar-refractivity contribution is -0.137. The number of anilines is 1. The first-order chi connectivity index (χ1) is 11.3. The van der Waals surface area contributed by atoms with E-state index in [1.165, 1.54) is 16.8 Å². The van der Waals surface area contributed by atoms with Crippen LogP contribution in [0.2, 0.25) is 0 Å². The second-order valence-corrected chi connectivity index (χ2v) is 5.39. The number of carbonyl (C=O) groups is 1. The molecule has 0 aliphatic carbocycles. The van der Waals surface area contributed by atoms with E-state index in [1.54, 1.807) is 20.0 Å². The number of aromatic nitrogens is 2. The van der Waals surface area contributed by atoms with Gasteiger partial charge >= 0.3 is 6.18 Å². The third kappa shape index (κ3) is 5.75. The summed E-state index contributed by atoms with van der Waals surface area (Å²) in [6.45, 7) is 2.42. The largest absolute Gasteiger partial charge is 0.416 e. The number of hydrogen-bond donors (Lipinski definition) is 2. The molecular formula is C16H20ClF3N4O. The molecule has 1 aromatic carbocycles. The Morgan fingerprint density at radius 2 is 2.00 bits per heavy atom. The molecule has 0 aliphatic heterocycles. The molecule has 2 aromatic rings. The molecule has 0 fully saturated rings. The Morgan fingerprint density at radius 1 is 1.28 bits per heavy atom. The van der Waals surface area contributed by atoms with E-state index in [9.17, 15) is 18.0 Å². The summed E-state index contributed by atoms with van der Waals surface area (Å²) in [4.78, 5) is 11.9. The maximum absolute atomic E-state index is 12.9. The van der Waals surface area contributed by atoms with Gasteiger partial charge in [0, 0.05) is 12.5 Å². The molecule has 0 saturated heterocycles. The van der Waals surface area contributed by atoms with E-state index < -0.39 is 11.7 Å². The Hall–Kier alpha value is -2.06. The van der Waals surface area contributed by atoms with Crippen LogP contribution in [0.5, 0.6) is 0 Å². The molecule has 0 radical (unpaired) electrons. The quantitative estimate of drug-likeness (QED) is 0.758. The van der Waals surface area contributed by atoms with Crippen molar-refractivity contribution in [2.24, 2.45) is 0 Å². The number of amides is 1. The number of nitrogens with zero attached hydrogens (tertiary/aromatic N) is 2. The number of rotatable bonds is 6. The summed E-state index contributed by atoms with van der Waals surface area (Å²) in [5, 5.41) is 9.82. The number of nitrogens with one attached hydrogen (secondary N) is 2. The van der Waals surface area contributed by atoms with Crippen LogP contribution in [0, 0.1) is 6.92 Å². The molecule has 9 heteroatoms. The first-order valence-electron chi connectivity index (χ1n) is 7.50. The summed E-state index contributed by atoms with van der Waals surface area (Å²) in [7, 11) is 1.80. The van der Waals surface area contributed by atoms with Crippen LogP contribution >= 0.6 is 12.4 Å². The van der Waals surface area contributed by atoms with Crippen LogP contribution in [0.3, 0.4) is 0 Å². The Morgan fingerprint density at radius 3 is 2.64 bits per heavy atom. The zero-order valence-corrected chi connectivity index (χ0v) is 14.7. The zero-order valence-electron chi connectivity index (χ0n) is 13.9. The van der Waals surface area contributed by atoms with Gasteiger partial charge in [0.2, 0.25) is 5.91 Å². The fraction of sp³-hybridized carbons (Fsp3) is 0.375. The van der Waals surface area contributed by atoms with E-state index in [0.717, 1.165) is 12.1 Å². The highest BCUT2D eigenvalue weighted by Crippen LogP contribution is 2.31. The molecule has 0 saturated carbocycles. The number of hydrogen-bond acceptors (Lipinski definition) is 3. The van der Waals surface area contributed by atoms with Gasteiger partial charge in [0.1, 0.15) is 5.82 Å². The van der Waals surface area contributed by atoms with Crippen molar-refractivity contribution in [3.8, 4) is 5.69 Å². The maximum atomic E-state index is 12.9. The van der Waals surface area contributed by atoms with Crippen LogP contribution in [0.1, 0.15) is 24.1 Å². The molecule has 2 rings (SSSR count). The van der Waals surface area contributed by atoms with E-state index in [4.69, 9.17) is 0 Å². The minimum Gasteiger partial charge on any atom is -0.320 e. The Bertz CT molecular complexity index is 716. The molecule has 0 unspecified atom stereocenters. The van der Waals surface area contributed by atoms with Crippen molar-refractivity contribution in [1.82, 2.24) is 15.1 Å². The average molecular weight is 377 g/mol. The third-order valence-corrected chi connectivity index (χ3v) is 3.35. The lowest BCUT2D eigenvalue weighted by Crippen LogP contribution is -2.17. The van der Waals surface area contributed by atoms with Crippen LogP contribution in [-0.2, 0) is 11.0 Å². The van der Waals surface area contributed by atoms with E-state index in [2.05, 4.69) is 15.7 Å². The molecule has 138 valence electrons. The van der Waals surface area contributed by atoms with Crippen molar-refractivity contribution in [2.75, 3.05) is 18.9 Å². The van der Waals surface area contributed by atoms with Gasteiger partial charge in [-0.2, -0.15) is 18.3 Å². The Kier molecular flexibility index (Phi) is 7.44. The van der Waals surface area contributed by atoms with Crippen LogP contribution < -0.4 is 10.6 Å². The lowest BCUT2D eigenvalue weighted by Gasteiger charge is -2.11. The molecule has 0 aliphatic rings. The second-order valence-electron chi connectivity index (χ2n) is 5.39. The molecule has 2 N–H and O–H groups in total. The minimum atomic E-state index is -4.44. The topological polar surface area (TPSA) is 59.0 Å². The molecule has 0 bridgehead atoms. The van der Waals surface area contributed by atoms with Crippen molar-refractivity contribution >= 4 is 24.1 Å². The highest BCUT2D eigenvalue weighted by Gasteiger charge is 2.30. The number of benzene rings is 1. The van der Waals surface area contributed by atoms with E-state index in [0.29, 0.717) is 30.9 Å². The monoisotopic (exact) mass is 376 g/mol. The summed E-state index contributed by atoms with van der Waals surface area (Å²) in [6, 6.07) is 6.45. The van der Waals surface area contributed by atoms with Gasteiger partial charge in [-0.1, -0.05) is 6.07 Å². The van der Waals surface area contributed by atoms with E-state index in [-0.39, 0.29) is 24.0 Å². The number of halogens is 4. The SMILES string of the molecule is CNCCCC(=O)Nc1cc(C)nn1-c1cccc(C(F)(F)F)c1.Cl. The lowest BCUT2D eigenvalue weighted by atomic mass is 10.2. The Balaban J connectivity index is 0.00000312. The van der Waals surface area contributed by atoms with Gasteiger partial charge < -0.3 is 10.6 Å². The standard InChI is InChI=1S/C16H19F3N4O.ClH/c1-11-9-14(21-15(24)7-4-8-20-2)23(22-11)13-6-3-5-12(10-13)16(17,18)19;/h3,5-6,9-10,20H,4,7-8H2,1-2H3,(H,21,24);1H. The van der Waals surface area contributed by atoms with E-state index >= 15 is 0 Å². The smallest absolute Gasteiger partial charge is 0.320 e. The number of alkyl halides is 3. The summed E-state index contributed by atoms with van der Waals surface area (Å²) in [5.74, 6) is 0.139. The summed E-state index contributed by atoms with van der Waals surface area (Å²) < 4.78 is 39.9. The second kappa shape index (κ2) is 8.87. The Labute approximate surface area is 150 Å². The first kappa shape index (κ1) is 21.0. The van der Waals surface area contributed by atoms with Gasteiger partial charge in [0.25, 0.3) is 0 Å². The van der Waals surface area contributed by atoms with Crippen LogP contribution in [0.4, 0.5) is 19.0 Å². The normalized spacial score (nSPS) is 11.1. The zero-order chi connectivity index (χ0) is 17.7. The van der Waals surface area contributed by atoms with Crippen LogP contribution in [-0.4, -0.2) is 29.3 Å². The van der Waals surface area contributed by atoms with Gasteiger partial charge in [-0.05, 0) is 45.1 Å². The summed E-state index contributed by atoms with van der Waals surface area (Å²) in [5.41, 5.74) is 0.0702. The molecule has 1 aromatic heterocycles. The molecule has 0 spiro atoms. The molecule has 25 heavy (non-hydrogen) atoms. The third-order valence-electron chi connectivity index (χ3n) is 3.35. The van der Waals surface area contributed by atoms with Crippen LogP contribution in [0.25, 0.3) is 5.69 Å². The molecule has 5 nitrogen and oxygen atoms in total. The van der Waals surface area contributed by atoms with E-state index in [1.807, 2.05) is 0 Å². The van der Waals surface area contributed by atoms with Gasteiger partial charge in [0.15, 0.2) is 0 Å². The molecule has 1 heterocycles. The minimum absolute atomic E-state index is 0. The predicted molar refractivity (Wildman–Crippen MR) is 92.3 cm³/mol. The number of aryl methyl sites for hydroxylation is 1. The molecular weight excluding hydrogens is 357 g/mol. The summed E-state index contributed by atoms with van der Waals surface area (Å²) in [6.07, 6.45) is -3.46. The molecule has 0 atom stereocenters. The fourth-order valence-corrected chi connectivity index (χ4v) is 2.23. The van der Waals surface area contributed by atoms with Crippen molar-refractivity contribution < 1.29 is 18.0 Å². The maximum Gasteiger partial charge on any atom is 0.416 e. The van der Waals surface area contributed by atoms with Crippen molar-refractivity contribution in [3.05, 3.63) is 41.6 Å². The highest BCUT2D eigenvalue weighted by molar-refractivity contribution is 5.90. The van der Waals surface area contributed by atoms with Gasteiger partial charge in [-0.15, -0.1) is 12.4 Å². The summed E-state index contributed by atoms with van der Waals surface area (Å²) >= 11 is 0.